The van der Waals surface area contributed by atoms with Gasteiger partial charge in [-0.1, -0.05) is 66.9 Å². The highest BCUT2D eigenvalue weighted by molar-refractivity contribution is 7.92. The molecule has 10 heteroatoms. The van der Waals surface area contributed by atoms with E-state index in [2.05, 4.69) is 5.32 Å². The maximum absolute atomic E-state index is 13.9. The van der Waals surface area contributed by atoms with E-state index in [9.17, 15) is 18.0 Å². The van der Waals surface area contributed by atoms with Gasteiger partial charge in [-0.2, -0.15) is 0 Å². The Hall–Kier alpha value is -3.07. The van der Waals surface area contributed by atoms with Crippen LogP contribution in [-0.2, 0) is 26.2 Å². The Labute approximate surface area is 240 Å². The second-order valence-corrected chi connectivity index (χ2v) is 12.0. The van der Waals surface area contributed by atoms with E-state index in [-0.39, 0.29) is 17.3 Å². The van der Waals surface area contributed by atoms with Crippen molar-refractivity contribution in [2.75, 3.05) is 17.4 Å². The lowest BCUT2D eigenvalue weighted by Gasteiger charge is -2.32. The minimum Gasteiger partial charge on any atom is -0.354 e. The number of nitrogens with one attached hydrogen (secondary N) is 1. The summed E-state index contributed by atoms with van der Waals surface area (Å²) in [6, 6.07) is 18.9. The van der Waals surface area contributed by atoms with Crippen molar-refractivity contribution >= 4 is 50.7 Å². The third kappa shape index (κ3) is 7.97. The van der Waals surface area contributed by atoms with Crippen LogP contribution in [0.1, 0.15) is 37.8 Å². The van der Waals surface area contributed by atoms with Crippen LogP contribution in [0, 0.1) is 6.92 Å². The summed E-state index contributed by atoms with van der Waals surface area (Å²) in [5.41, 5.74) is 1.75. The van der Waals surface area contributed by atoms with Gasteiger partial charge in [-0.25, -0.2) is 8.42 Å². The number of hydrogen-bond donors (Lipinski definition) is 1. The first-order valence-electron chi connectivity index (χ1n) is 12.7. The van der Waals surface area contributed by atoms with Crippen molar-refractivity contribution in [1.29, 1.82) is 0 Å². The van der Waals surface area contributed by atoms with Gasteiger partial charge in [0.25, 0.3) is 10.0 Å². The van der Waals surface area contributed by atoms with E-state index in [1.165, 1.54) is 29.2 Å². The molecule has 1 atom stereocenters. The maximum atomic E-state index is 13.9. The molecule has 0 saturated heterocycles. The molecule has 0 aromatic heterocycles. The van der Waals surface area contributed by atoms with E-state index in [0.717, 1.165) is 17.1 Å². The third-order valence-corrected chi connectivity index (χ3v) is 8.56. The Morgan fingerprint density at radius 1 is 0.949 bits per heavy atom. The summed E-state index contributed by atoms with van der Waals surface area (Å²) >= 11 is 12.2. The zero-order valence-electron chi connectivity index (χ0n) is 22.2. The molecule has 0 heterocycles. The Morgan fingerprint density at radius 2 is 1.64 bits per heavy atom. The molecule has 1 N–H and O–H groups in total. The van der Waals surface area contributed by atoms with E-state index in [1.54, 1.807) is 62.4 Å². The largest absolute Gasteiger partial charge is 0.354 e. The molecule has 0 saturated carbocycles. The average molecular weight is 591 g/mol. The third-order valence-electron chi connectivity index (χ3n) is 6.30. The summed E-state index contributed by atoms with van der Waals surface area (Å²) in [5, 5.41) is 3.75. The zero-order chi connectivity index (χ0) is 28.6. The van der Waals surface area contributed by atoms with Crippen LogP contribution in [0.3, 0.4) is 0 Å². The van der Waals surface area contributed by atoms with Gasteiger partial charge in [-0.15, -0.1) is 0 Å². The van der Waals surface area contributed by atoms with Crippen LogP contribution in [0.5, 0.6) is 0 Å². The molecule has 0 unspecified atom stereocenters. The van der Waals surface area contributed by atoms with E-state index < -0.39 is 28.5 Å². The first kappa shape index (κ1) is 30.5. The SMILES string of the molecule is CCCCNC(=O)[C@H](C)N(Cc1cccc(Cl)c1)C(=O)CN(c1ccccc1C)S(=O)(=O)c1ccc(Cl)cc1. The number of nitrogens with zero attached hydrogens (tertiary/aromatic N) is 2. The molecule has 0 radical (unpaired) electrons. The van der Waals surface area contributed by atoms with Gasteiger partial charge < -0.3 is 10.2 Å². The molecule has 0 aliphatic rings. The van der Waals surface area contributed by atoms with Gasteiger partial charge in [0.15, 0.2) is 0 Å². The molecule has 208 valence electrons. The van der Waals surface area contributed by atoms with Gasteiger partial charge in [0, 0.05) is 23.1 Å². The minimum absolute atomic E-state index is 0.00491. The topological polar surface area (TPSA) is 86.8 Å². The number of sulfonamides is 1. The first-order valence-corrected chi connectivity index (χ1v) is 14.9. The molecule has 0 aliphatic carbocycles. The van der Waals surface area contributed by atoms with Crippen LogP contribution < -0.4 is 9.62 Å². The number of aryl methyl sites for hydroxylation is 1. The number of halogens is 2. The summed E-state index contributed by atoms with van der Waals surface area (Å²) in [6.07, 6.45) is 1.72. The molecule has 0 fully saturated rings. The monoisotopic (exact) mass is 589 g/mol. The van der Waals surface area contributed by atoms with Gasteiger partial charge in [-0.3, -0.25) is 13.9 Å². The van der Waals surface area contributed by atoms with Gasteiger partial charge in [-0.05, 0) is 73.9 Å². The lowest BCUT2D eigenvalue weighted by atomic mass is 10.1. The lowest BCUT2D eigenvalue weighted by Crippen LogP contribution is -2.51. The number of carbonyl (C=O) groups excluding carboxylic acids is 2. The first-order chi connectivity index (χ1) is 18.5. The van der Waals surface area contributed by atoms with E-state index >= 15 is 0 Å². The van der Waals surface area contributed by atoms with Gasteiger partial charge in [0.1, 0.15) is 12.6 Å². The summed E-state index contributed by atoms with van der Waals surface area (Å²) in [6.45, 7) is 5.48. The van der Waals surface area contributed by atoms with E-state index in [0.29, 0.717) is 33.4 Å². The highest BCUT2D eigenvalue weighted by Crippen LogP contribution is 2.28. The predicted octanol–water partition coefficient (Wildman–Crippen LogP) is 5.83. The average Bonchev–Trinajstić information content (AvgIpc) is 2.90. The smallest absolute Gasteiger partial charge is 0.264 e. The molecule has 0 bridgehead atoms. The molecule has 2 amide bonds. The van der Waals surface area contributed by atoms with Gasteiger partial charge in [0.2, 0.25) is 11.8 Å². The van der Waals surface area contributed by atoms with Crippen molar-refractivity contribution in [1.82, 2.24) is 10.2 Å². The van der Waals surface area contributed by atoms with Crippen LogP contribution in [0.2, 0.25) is 10.0 Å². The number of benzene rings is 3. The second-order valence-electron chi connectivity index (χ2n) is 9.22. The number of amides is 2. The second kappa shape index (κ2) is 13.8. The van der Waals surface area contributed by atoms with Crippen LogP contribution >= 0.6 is 23.2 Å². The summed E-state index contributed by atoms with van der Waals surface area (Å²) in [5.74, 6) is -0.851. The fourth-order valence-electron chi connectivity index (χ4n) is 4.04. The molecular weight excluding hydrogens is 557 g/mol. The number of rotatable bonds is 12. The fraction of sp³-hybridized carbons (Fsp3) is 0.310. The summed E-state index contributed by atoms with van der Waals surface area (Å²) in [7, 11) is -4.16. The highest BCUT2D eigenvalue weighted by atomic mass is 35.5. The van der Waals surface area contributed by atoms with Gasteiger partial charge >= 0.3 is 0 Å². The van der Waals surface area contributed by atoms with Crippen molar-refractivity contribution in [2.24, 2.45) is 0 Å². The lowest BCUT2D eigenvalue weighted by molar-refractivity contribution is -0.139. The zero-order valence-corrected chi connectivity index (χ0v) is 24.6. The predicted molar refractivity (Wildman–Crippen MR) is 157 cm³/mol. The normalized spacial score (nSPS) is 12.0. The number of para-hydroxylation sites is 1. The van der Waals surface area contributed by atoms with E-state index in [1.807, 2.05) is 6.92 Å². The van der Waals surface area contributed by atoms with Crippen molar-refractivity contribution < 1.29 is 18.0 Å². The van der Waals surface area contributed by atoms with Crippen LogP contribution in [0.25, 0.3) is 0 Å². The molecule has 39 heavy (non-hydrogen) atoms. The number of hydrogen-bond acceptors (Lipinski definition) is 4. The van der Waals surface area contributed by atoms with Crippen LogP contribution in [-0.4, -0.2) is 44.3 Å². The van der Waals surface area contributed by atoms with Gasteiger partial charge in [0.05, 0.1) is 10.6 Å². The summed E-state index contributed by atoms with van der Waals surface area (Å²) < 4.78 is 28.8. The molecule has 0 spiro atoms. The molecule has 3 rings (SSSR count). The quantitative estimate of drug-likeness (QED) is 0.269. The number of unbranched alkanes of at least 4 members (excludes halogenated alkanes) is 1. The Bertz CT molecular complexity index is 1400. The highest BCUT2D eigenvalue weighted by Gasteiger charge is 2.33. The van der Waals surface area contributed by atoms with Crippen LogP contribution in [0.4, 0.5) is 5.69 Å². The Balaban J connectivity index is 2.01. The Kier molecular flexibility index (Phi) is 10.8. The molecule has 3 aromatic carbocycles. The van der Waals surface area contributed by atoms with Crippen LogP contribution in [0.15, 0.2) is 77.7 Å². The number of carbonyl (C=O) groups is 2. The van der Waals surface area contributed by atoms with E-state index in [4.69, 9.17) is 23.2 Å². The summed E-state index contributed by atoms with van der Waals surface area (Å²) in [4.78, 5) is 28.3. The molecular formula is C29H33Cl2N3O4S. The Morgan fingerprint density at radius 3 is 2.28 bits per heavy atom. The minimum atomic E-state index is -4.16. The number of anilines is 1. The van der Waals surface area contributed by atoms with Crippen molar-refractivity contribution in [2.45, 2.75) is 51.1 Å². The molecule has 0 aliphatic heterocycles. The molecule has 7 nitrogen and oxygen atoms in total. The fourth-order valence-corrected chi connectivity index (χ4v) is 5.86. The van der Waals surface area contributed by atoms with Crippen molar-refractivity contribution in [3.8, 4) is 0 Å². The standard InChI is InChI=1S/C29H33Cl2N3O4S/c1-4-5-17-32-29(36)22(3)33(19-23-10-8-11-25(31)18-23)28(35)20-34(27-12-7-6-9-21(27)2)39(37,38)26-15-13-24(30)14-16-26/h6-16,18,22H,4-5,17,19-20H2,1-3H3,(H,32,36)/t22-/m0/s1. The van der Waals surface area contributed by atoms with Crippen molar-refractivity contribution in [3.63, 3.8) is 0 Å². The maximum Gasteiger partial charge on any atom is 0.264 e. The van der Waals surface area contributed by atoms with Crippen molar-refractivity contribution in [3.05, 3.63) is 94.0 Å². The molecule has 3 aromatic rings.